The van der Waals surface area contributed by atoms with Crippen molar-refractivity contribution in [3.63, 3.8) is 0 Å². The average Bonchev–Trinajstić information content (AvgIpc) is 3.32. The van der Waals surface area contributed by atoms with E-state index < -0.39 is 5.60 Å². The van der Waals surface area contributed by atoms with Gasteiger partial charge in [0.15, 0.2) is 0 Å². The largest absolute Gasteiger partial charge is 0.389 e. The number of nitrogens with zero attached hydrogens (tertiary/aromatic N) is 4. The van der Waals surface area contributed by atoms with E-state index in [0.717, 1.165) is 45.6 Å². The Kier molecular flexibility index (Phi) is 5.47. The minimum atomic E-state index is -0.860. The van der Waals surface area contributed by atoms with Crippen molar-refractivity contribution in [1.29, 1.82) is 5.26 Å². The summed E-state index contributed by atoms with van der Waals surface area (Å²) < 4.78 is 1.98. The van der Waals surface area contributed by atoms with Crippen LogP contribution in [0.1, 0.15) is 38.8 Å². The SMILES string of the molecule is CC(C)(O)Cn1ccc2c(Nc3nccc(-c4cc(C#N)c5c(c4)C(C)(C)CN5)n3)cc(Cl)cc21. The molecule has 0 saturated carbocycles. The number of nitriles is 1. The molecule has 2 aromatic carbocycles. The molecule has 4 aromatic rings. The van der Waals surface area contributed by atoms with E-state index >= 15 is 0 Å². The van der Waals surface area contributed by atoms with Crippen LogP contribution in [0.3, 0.4) is 0 Å². The third-order valence-electron chi connectivity index (χ3n) is 6.30. The van der Waals surface area contributed by atoms with Crippen molar-refractivity contribution in [2.45, 2.75) is 45.3 Å². The highest BCUT2D eigenvalue weighted by molar-refractivity contribution is 6.32. The lowest BCUT2D eigenvalue weighted by molar-refractivity contribution is 0.0628. The van der Waals surface area contributed by atoms with Crippen molar-refractivity contribution in [3.8, 4) is 17.3 Å². The minimum Gasteiger partial charge on any atom is -0.389 e. The Balaban J connectivity index is 1.53. The summed E-state index contributed by atoms with van der Waals surface area (Å²) in [5.41, 5.74) is 4.98. The second kappa shape index (κ2) is 8.26. The van der Waals surface area contributed by atoms with E-state index in [0.29, 0.717) is 23.1 Å². The normalized spacial score (nSPS) is 14.4. The molecule has 0 spiro atoms. The summed E-state index contributed by atoms with van der Waals surface area (Å²) in [5, 5.41) is 28.2. The van der Waals surface area contributed by atoms with Gasteiger partial charge < -0.3 is 20.3 Å². The summed E-state index contributed by atoms with van der Waals surface area (Å²) in [6.45, 7) is 9.10. The Bertz CT molecular complexity index is 1490. The van der Waals surface area contributed by atoms with Crippen LogP contribution >= 0.6 is 11.6 Å². The van der Waals surface area contributed by atoms with Gasteiger partial charge in [-0.1, -0.05) is 25.4 Å². The van der Waals surface area contributed by atoms with Gasteiger partial charge in [-0.25, -0.2) is 9.97 Å². The van der Waals surface area contributed by atoms with Crippen LogP contribution in [0.2, 0.25) is 5.02 Å². The second-order valence-corrected chi connectivity index (χ2v) is 10.8. The number of nitrogens with one attached hydrogen (secondary N) is 2. The monoisotopic (exact) mass is 486 g/mol. The Morgan fingerprint density at radius 3 is 2.80 bits per heavy atom. The van der Waals surface area contributed by atoms with Crippen LogP contribution in [0.25, 0.3) is 22.2 Å². The number of hydrogen-bond acceptors (Lipinski definition) is 6. The molecule has 0 fully saturated rings. The topological polar surface area (TPSA) is 98.8 Å². The van der Waals surface area contributed by atoms with Crippen molar-refractivity contribution < 1.29 is 5.11 Å². The van der Waals surface area contributed by atoms with Gasteiger partial charge in [-0.15, -0.1) is 0 Å². The fourth-order valence-electron chi connectivity index (χ4n) is 4.63. The lowest BCUT2D eigenvalue weighted by atomic mass is 9.85. The van der Waals surface area contributed by atoms with Crippen LogP contribution in [-0.4, -0.2) is 31.8 Å². The van der Waals surface area contributed by atoms with Gasteiger partial charge in [0.1, 0.15) is 6.07 Å². The fraction of sp³-hybridized carbons (Fsp3) is 0.296. The number of rotatable bonds is 5. The molecule has 178 valence electrons. The molecule has 0 radical (unpaired) electrons. The molecule has 1 aliphatic rings. The molecule has 0 atom stereocenters. The second-order valence-electron chi connectivity index (χ2n) is 10.3. The van der Waals surface area contributed by atoms with Crippen LogP contribution in [0, 0.1) is 11.3 Å². The number of aromatic nitrogens is 3. The molecule has 0 aliphatic carbocycles. The quantitative estimate of drug-likeness (QED) is 0.327. The maximum Gasteiger partial charge on any atom is 0.227 e. The fourth-order valence-corrected chi connectivity index (χ4v) is 4.84. The molecule has 35 heavy (non-hydrogen) atoms. The van der Waals surface area contributed by atoms with Gasteiger partial charge in [0.25, 0.3) is 0 Å². The van der Waals surface area contributed by atoms with Crippen LogP contribution in [0.4, 0.5) is 17.3 Å². The van der Waals surface area contributed by atoms with Crippen LogP contribution in [0.15, 0.2) is 48.8 Å². The van der Waals surface area contributed by atoms with E-state index in [1.165, 1.54) is 0 Å². The first-order valence-corrected chi connectivity index (χ1v) is 11.9. The number of hydrogen-bond donors (Lipinski definition) is 3. The Morgan fingerprint density at radius 1 is 1.26 bits per heavy atom. The minimum absolute atomic E-state index is 0.0757. The molecule has 0 unspecified atom stereocenters. The first-order chi connectivity index (χ1) is 16.5. The molecule has 2 aromatic heterocycles. The summed E-state index contributed by atoms with van der Waals surface area (Å²) in [6.07, 6.45) is 3.64. The maximum atomic E-state index is 10.3. The number of halogens is 1. The molecule has 7 nitrogen and oxygen atoms in total. The highest BCUT2D eigenvalue weighted by Gasteiger charge is 2.32. The van der Waals surface area contributed by atoms with Gasteiger partial charge in [-0.05, 0) is 55.8 Å². The molecule has 3 heterocycles. The first-order valence-electron chi connectivity index (χ1n) is 11.5. The van der Waals surface area contributed by atoms with Crippen molar-refractivity contribution in [2.75, 3.05) is 17.2 Å². The van der Waals surface area contributed by atoms with E-state index in [1.807, 2.05) is 41.1 Å². The molecule has 1 aliphatic heterocycles. The van der Waals surface area contributed by atoms with E-state index in [9.17, 15) is 10.4 Å². The molecule has 8 heteroatoms. The highest BCUT2D eigenvalue weighted by Crippen LogP contribution is 2.41. The molecule has 3 N–H and O–H groups in total. The predicted molar refractivity (Wildman–Crippen MR) is 140 cm³/mol. The van der Waals surface area contributed by atoms with Gasteiger partial charge in [-0.2, -0.15) is 5.26 Å². The summed E-state index contributed by atoms with van der Waals surface area (Å²) in [5.74, 6) is 0.428. The number of benzene rings is 2. The van der Waals surface area contributed by atoms with E-state index in [1.54, 1.807) is 20.0 Å². The van der Waals surface area contributed by atoms with Crippen LogP contribution in [0.5, 0.6) is 0 Å². The molecule has 0 bridgehead atoms. The van der Waals surface area contributed by atoms with Crippen molar-refractivity contribution in [2.24, 2.45) is 0 Å². The third kappa shape index (κ3) is 4.43. The zero-order valence-corrected chi connectivity index (χ0v) is 20.9. The van der Waals surface area contributed by atoms with Crippen molar-refractivity contribution >= 4 is 39.8 Å². The maximum absolute atomic E-state index is 10.3. The first kappa shape index (κ1) is 23.2. The van der Waals surface area contributed by atoms with Gasteiger partial charge in [0.2, 0.25) is 5.95 Å². The molecular weight excluding hydrogens is 460 g/mol. The smallest absolute Gasteiger partial charge is 0.227 e. The summed E-state index contributed by atoms with van der Waals surface area (Å²) in [7, 11) is 0. The van der Waals surface area contributed by atoms with Gasteiger partial charge in [0.05, 0.1) is 40.3 Å². The lowest BCUT2D eigenvalue weighted by Crippen LogP contribution is -2.25. The highest BCUT2D eigenvalue weighted by atomic mass is 35.5. The predicted octanol–water partition coefficient (Wildman–Crippen LogP) is 5.84. The standard InChI is InChI=1S/C27H27ClN6O/c1-26(2)14-31-24-17(13-29)9-16(10-20(24)26)21-5-7-30-25(32-21)33-22-11-18(28)12-23-19(22)6-8-34(23)15-27(3,4)35/h5-12,31,35H,14-15H2,1-4H3,(H,30,32,33). The zero-order valence-electron chi connectivity index (χ0n) is 20.1. The van der Waals surface area contributed by atoms with E-state index in [-0.39, 0.29) is 5.41 Å². The van der Waals surface area contributed by atoms with Crippen LogP contribution in [-0.2, 0) is 12.0 Å². The van der Waals surface area contributed by atoms with Crippen LogP contribution < -0.4 is 10.6 Å². The van der Waals surface area contributed by atoms with E-state index in [4.69, 9.17) is 16.6 Å². The van der Waals surface area contributed by atoms with Gasteiger partial charge in [0, 0.05) is 40.3 Å². The summed E-state index contributed by atoms with van der Waals surface area (Å²) in [6, 6.07) is 13.8. The number of aliphatic hydroxyl groups is 1. The van der Waals surface area contributed by atoms with Gasteiger partial charge in [-0.3, -0.25) is 0 Å². The Hall–Kier alpha value is -3.60. The lowest BCUT2D eigenvalue weighted by Gasteiger charge is -2.19. The molecule has 0 saturated heterocycles. The average molecular weight is 487 g/mol. The van der Waals surface area contributed by atoms with Gasteiger partial charge >= 0.3 is 0 Å². The van der Waals surface area contributed by atoms with E-state index in [2.05, 4.69) is 41.6 Å². The van der Waals surface area contributed by atoms with Crippen molar-refractivity contribution in [1.82, 2.24) is 14.5 Å². The Labute approximate surface area is 209 Å². The molecule has 0 amide bonds. The number of fused-ring (bicyclic) bond motifs is 2. The number of anilines is 3. The molecule has 5 rings (SSSR count). The zero-order chi connectivity index (χ0) is 25.0. The van der Waals surface area contributed by atoms with Crippen molar-refractivity contribution in [3.05, 3.63) is 64.9 Å². The third-order valence-corrected chi connectivity index (χ3v) is 6.52. The summed E-state index contributed by atoms with van der Waals surface area (Å²) in [4.78, 5) is 9.16. The Morgan fingerprint density at radius 2 is 2.06 bits per heavy atom. The molecular formula is C27H27ClN6O. The summed E-state index contributed by atoms with van der Waals surface area (Å²) >= 11 is 6.44.